The van der Waals surface area contributed by atoms with Gasteiger partial charge in [-0.05, 0) is 45.9 Å². The highest BCUT2D eigenvalue weighted by molar-refractivity contribution is 6.42. The largest absolute Gasteiger partial charge is 0.342 e. The Bertz CT molecular complexity index is 770. The highest BCUT2D eigenvalue weighted by Gasteiger charge is 2.62. The Kier molecular flexibility index (Phi) is 4.71. The molecule has 148 valence electrons. The summed E-state index contributed by atoms with van der Waals surface area (Å²) >= 11 is 11.9. The monoisotopic (exact) mass is 417 g/mol. The van der Waals surface area contributed by atoms with Crippen LogP contribution in [0.25, 0.3) is 0 Å². The van der Waals surface area contributed by atoms with Gasteiger partial charge in [0.15, 0.2) is 24.0 Å². The van der Waals surface area contributed by atoms with E-state index >= 15 is 0 Å². The molecule has 0 saturated carbocycles. The number of ether oxygens (including phenoxy) is 5. The van der Waals surface area contributed by atoms with Gasteiger partial charge in [0.25, 0.3) is 5.91 Å². The van der Waals surface area contributed by atoms with Crippen LogP contribution in [0.2, 0.25) is 10.0 Å². The van der Waals surface area contributed by atoms with Crippen LogP contribution in [-0.4, -0.2) is 48.2 Å². The molecule has 0 aliphatic carbocycles. The molecular formula is C18H21Cl2NO6. The van der Waals surface area contributed by atoms with Crippen molar-refractivity contribution in [3.63, 3.8) is 0 Å². The normalized spacial score (nSPS) is 36.1. The zero-order valence-electron chi connectivity index (χ0n) is 15.3. The van der Waals surface area contributed by atoms with Gasteiger partial charge >= 0.3 is 0 Å². The lowest BCUT2D eigenvalue weighted by Gasteiger charge is -2.36. The first-order valence-electron chi connectivity index (χ1n) is 8.67. The predicted octanol–water partition coefficient (Wildman–Crippen LogP) is 3.33. The molecule has 0 aromatic heterocycles. The third-order valence-corrected chi connectivity index (χ3v) is 5.34. The van der Waals surface area contributed by atoms with Crippen molar-refractivity contribution in [1.82, 2.24) is 0 Å². The molecule has 5 atom stereocenters. The smallest absolute Gasteiger partial charge is 0.256 e. The SMILES string of the molecule is CC1(C)O[C@@H]2[C@@H](O1)[C@@H](C(=O)Nc1ccc(Cl)c(Cl)c1)O[C@H]1OC(C)(C)O[C@@H]12. The number of carbonyl (C=O) groups excluding carboxylic acids is 1. The van der Waals surface area contributed by atoms with Gasteiger partial charge in [-0.25, -0.2) is 0 Å². The Balaban J connectivity index is 1.57. The number of amides is 1. The van der Waals surface area contributed by atoms with E-state index in [1.807, 2.05) is 0 Å². The molecule has 3 aliphatic heterocycles. The Morgan fingerprint density at radius 1 is 0.926 bits per heavy atom. The van der Waals surface area contributed by atoms with E-state index in [-0.39, 0.29) is 0 Å². The molecular weight excluding hydrogens is 397 g/mol. The highest BCUT2D eigenvalue weighted by Crippen LogP contribution is 2.44. The van der Waals surface area contributed by atoms with Crippen molar-refractivity contribution >= 4 is 34.8 Å². The summed E-state index contributed by atoms with van der Waals surface area (Å²) in [5, 5.41) is 3.52. The molecule has 27 heavy (non-hydrogen) atoms. The van der Waals surface area contributed by atoms with Gasteiger partial charge in [0.05, 0.1) is 10.0 Å². The van der Waals surface area contributed by atoms with Gasteiger partial charge < -0.3 is 29.0 Å². The van der Waals surface area contributed by atoms with Crippen LogP contribution in [0.4, 0.5) is 5.69 Å². The molecule has 0 unspecified atom stereocenters. The minimum Gasteiger partial charge on any atom is -0.342 e. The highest BCUT2D eigenvalue weighted by atomic mass is 35.5. The fourth-order valence-corrected chi connectivity index (χ4v) is 3.91. The van der Waals surface area contributed by atoms with Crippen LogP contribution in [0.1, 0.15) is 27.7 Å². The lowest BCUT2D eigenvalue weighted by molar-refractivity contribution is -0.229. The fourth-order valence-electron chi connectivity index (χ4n) is 3.61. The first-order chi connectivity index (χ1) is 12.5. The maximum absolute atomic E-state index is 12.9. The van der Waals surface area contributed by atoms with Crippen LogP contribution in [0, 0.1) is 0 Å². The maximum atomic E-state index is 12.9. The number of rotatable bonds is 2. The molecule has 3 aliphatic rings. The average Bonchev–Trinajstić information content (AvgIpc) is 3.04. The summed E-state index contributed by atoms with van der Waals surface area (Å²) in [6.07, 6.45) is -3.29. The molecule has 3 saturated heterocycles. The van der Waals surface area contributed by atoms with E-state index in [2.05, 4.69) is 5.32 Å². The third kappa shape index (κ3) is 3.70. The van der Waals surface area contributed by atoms with Crippen molar-refractivity contribution in [2.45, 2.75) is 70.0 Å². The number of benzene rings is 1. The van der Waals surface area contributed by atoms with Gasteiger partial charge in [0.2, 0.25) is 0 Å². The molecule has 9 heteroatoms. The van der Waals surface area contributed by atoms with E-state index < -0.39 is 48.2 Å². The minimum absolute atomic E-state index is 0.341. The van der Waals surface area contributed by atoms with Crippen LogP contribution >= 0.6 is 23.2 Å². The van der Waals surface area contributed by atoms with Gasteiger partial charge in [-0.3, -0.25) is 4.79 Å². The Labute approximate surface area is 167 Å². The number of hydrogen-bond donors (Lipinski definition) is 1. The summed E-state index contributed by atoms with van der Waals surface area (Å²) in [6, 6.07) is 4.83. The summed E-state index contributed by atoms with van der Waals surface area (Å²) in [4.78, 5) is 12.9. The number of carbonyl (C=O) groups is 1. The predicted molar refractivity (Wildman–Crippen MR) is 97.6 cm³/mol. The van der Waals surface area contributed by atoms with Crippen LogP contribution < -0.4 is 5.32 Å². The van der Waals surface area contributed by atoms with Crippen molar-refractivity contribution in [2.75, 3.05) is 5.32 Å². The molecule has 1 aromatic carbocycles. The summed E-state index contributed by atoms with van der Waals surface area (Å²) in [6.45, 7) is 7.15. The van der Waals surface area contributed by atoms with Gasteiger partial charge in [-0.15, -0.1) is 0 Å². The van der Waals surface area contributed by atoms with E-state index in [9.17, 15) is 4.79 Å². The van der Waals surface area contributed by atoms with Gasteiger partial charge in [0, 0.05) is 5.69 Å². The molecule has 1 N–H and O–H groups in total. The molecule has 4 rings (SSSR count). The number of nitrogens with one attached hydrogen (secondary N) is 1. The van der Waals surface area contributed by atoms with Crippen molar-refractivity contribution in [2.24, 2.45) is 0 Å². The van der Waals surface area contributed by atoms with Gasteiger partial charge in [-0.2, -0.15) is 0 Å². The number of halogens is 2. The van der Waals surface area contributed by atoms with Crippen LogP contribution in [0.15, 0.2) is 18.2 Å². The number of hydrogen-bond acceptors (Lipinski definition) is 6. The Morgan fingerprint density at radius 3 is 2.26 bits per heavy atom. The zero-order chi connectivity index (χ0) is 19.6. The molecule has 3 heterocycles. The van der Waals surface area contributed by atoms with E-state index in [0.717, 1.165) is 0 Å². The quantitative estimate of drug-likeness (QED) is 0.795. The van der Waals surface area contributed by atoms with E-state index in [1.165, 1.54) is 0 Å². The van der Waals surface area contributed by atoms with Crippen molar-refractivity contribution < 1.29 is 28.5 Å². The standard InChI is InChI=1S/C18H21Cl2NO6/c1-17(2)24-11-12(25-17)14-16(27-18(3,4)26-14)23-13(11)15(22)21-8-5-6-9(19)10(20)7-8/h5-7,11-14,16H,1-4H3,(H,21,22)/t11-,12-,13+,14-,16+/m1/s1. The molecule has 0 radical (unpaired) electrons. The second-order valence-electron chi connectivity index (χ2n) is 7.71. The first kappa shape index (κ1) is 19.4. The van der Waals surface area contributed by atoms with Crippen molar-refractivity contribution in [3.05, 3.63) is 28.2 Å². The summed E-state index contributed by atoms with van der Waals surface area (Å²) in [7, 11) is 0. The van der Waals surface area contributed by atoms with Crippen molar-refractivity contribution in [3.8, 4) is 0 Å². The Morgan fingerprint density at radius 2 is 1.56 bits per heavy atom. The van der Waals surface area contributed by atoms with E-state index in [1.54, 1.807) is 45.9 Å². The van der Waals surface area contributed by atoms with E-state index in [0.29, 0.717) is 15.7 Å². The average molecular weight is 418 g/mol. The van der Waals surface area contributed by atoms with Gasteiger partial charge in [0.1, 0.15) is 18.3 Å². The lowest BCUT2D eigenvalue weighted by Crippen LogP contribution is -2.58. The zero-order valence-corrected chi connectivity index (χ0v) is 16.8. The van der Waals surface area contributed by atoms with Gasteiger partial charge in [-0.1, -0.05) is 23.2 Å². The molecule has 0 spiro atoms. The first-order valence-corrected chi connectivity index (χ1v) is 9.43. The second-order valence-corrected chi connectivity index (χ2v) is 8.52. The molecule has 1 amide bonds. The van der Waals surface area contributed by atoms with E-state index in [4.69, 9.17) is 46.9 Å². The summed E-state index contributed by atoms with van der Waals surface area (Å²) < 4.78 is 29.6. The summed E-state index contributed by atoms with van der Waals surface area (Å²) in [5.74, 6) is -2.10. The van der Waals surface area contributed by atoms with Crippen LogP contribution in [-0.2, 0) is 28.5 Å². The fraction of sp³-hybridized carbons (Fsp3) is 0.611. The van der Waals surface area contributed by atoms with Crippen LogP contribution in [0.3, 0.4) is 0 Å². The molecule has 1 aromatic rings. The third-order valence-electron chi connectivity index (χ3n) is 4.60. The maximum Gasteiger partial charge on any atom is 0.256 e. The summed E-state index contributed by atoms with van der Waals surface area (Å²) in [5.41, 5.74) is 0.499. The molecule has 0 bridgehead atoms. The molecule has 3 fully saturated rings. The topological polar surface area (TPSA) is 75.3 Å². The number of fused-ring (bicyclic) bond motifs is 3. The Hall–Kier alpha value is -0.930. The minimum atomic E-state index is -0.940. The van der Waals surface area contributed by atoms with Crippen LogP contribution in [0.5, 0.6) is 0 Å². The van der Waals surface area contributed by atoms with Crippen molar-refractivity contribution in [1.29, 1.82) is 0 Å². The molecule has 7 nitrogen and oxygen atoms in total. The lowest BCUT2D eigenvalue weighted by atomic mass is 9.98. The second kappa shape index (κ2) is 6.56. The number of anilines is 1.